The highest BCUT2D eigenvalue weighted by atomic mass is 19.1. The lowest BCUT2D eigenvalue weighted by molar-refractivity contribution is -0.124. The molecule has 4 nitrogen and oxygen atoms in total. The van der Waals surface area contributed by atoms with E-state index in [1.165, 1.54) is 12.1 Å². The van der Waals surface area contributed by atoms with E-state index in [2.05, 4.69) is 5.32 Å². The maximum Gasteiger partial charge on any atom is 0.220 e. The van der Waals surface area contributed by atoms with Gasteiger partial charge in [0, 0.05) is 6.42 Å². The fourth-order valence-electron chi connectivity index (χ4n) is 2.00. The van der Waals surface area contributed by atoms with Crippen molar-refractivity contribution in [1.82, 2.24) is 5.32 Å². The lowest BCUT2D eigenvalue weighted by Gasteiger charge is -2.30. The van der Waals surface area contributed by atoms with Gasteiger partial charge in [0.05, 0.1) is 18.8 Å². The molecule has 1 aromatic rings. The van der Waals surface area contributed by atoms with Crippen molar-refractivity contribution in [3.05, 3.63) is 30.1 Å². The molecule has 1 rings (SSSR count). The minimum absolute atomic E-state index is 0.0577. The number of amides is 1. The first kappa shape index (κ1) is 17.4. The van der Waals surface area contributed by atoms with Crippen LogP contribution in [0.1, 0.15) is 39.5 Å². The molecule has 0 heterocycles. The van der Waals surface area contributed by atoms with Crippen LogP contribution in [0.25, 0.3) is 0 Å². The summed E-state index contributed by atoms with van der Waals surface area (Å²) in [6.07, 6.45) is 2.29. The zero-order valence-electron chi connectivity index (χ0n) is 12.7. The Morgan fingerprint density at radius 1 is 1.29 bits per heavy atom. The Morgan fingerprint density at radius 3 is 2.43 bits per heavy atom. The maximum atomic E-state index is 12.7. The Kier molecular flexibility index (Phi) is 7.15. The van der Waals surface area contributed by atoms with Gasteiger partial charge < -0.3 is 15.2 Å². The molecule has 0 saturated heterocycles. The third-order valence-electron chi connectivity index (χ3n) is 3.69. The lowest BCUT2D eigenvalue weighted by atomic mass is 9.93. The molecule has 0 fully saturated rings. The number of hydrogen-bond acceptors (Lipinski definition) is 3. The number of benzene rings is 1. The highest BCUT2D eigenvalue weighted by Gasteiger charge is 2.26. The molecule has 0 aliphatic rings. The summed E-state index contributed by atoms with van der Waals surface area (Å²) in [4.78, 5) is 11.9. The van der Waals surface area contributed by atoms with E-state index in [1.807, 2.05) is 13.8 Å². The second-order valence-electron chi connectivity index (χ2n) is 5.10. The zero-order chi connectivity index (χ0) is 15.7. The summed E-state index contributed by atoms with van der Waals surface area (Å²) in [5.41, 5.74) is -0.519. The summed E-state index contributed by atoms with van der Waals surface area (Å²) in [5.74, 6) is 0.195. The number of carbonyl (C=O) groups is 1. The Labute approximate surface area is 125 Å². The third-order valence-corrected chi connectivity index (χ3v) is 3.69. The van der Waals surface area contributed by atoms with Crippen LogP contribution in [-0.4, -0.2) is 29.8 Å². The number of ether oxygens (including phenoxy) is 1. The second kappa shape index (κ2) is 8.62. The first-order valence-corrected chi connectivity index (χ1v) is 7.35. The standard InChI is InChI=1S/C16H24FNO3/c1-3-16(4-2,12-19)18-15(20)6-5-11-21-14-9-7-13(17)8-10-14/h7-10,19H,3-6,11-12H2,1-2H3,(H,18,20). The topological polar surface area (TPSA) is 58.6 Å². The fraction of sp³-hybridized carbons (Fsp3) is 0.562. The molecule has 0 atom stereocenters. The number of carbonyl (C=O) groups excluding carboxylic acids is 1. The first-order chi connectivity index (χ1) is 10.0. The van der Waals surface area contributed by atoms with Crippen LogP contribution < -0.4 is 10.1 Å². The van der Waals surface area contributed by atoms with E-state index >= 15 is 0 Å². The monoisotopic (exact) mass is 297 g/mol. The molecule has 0 unspecified atom stereocenters. The average Bonchev–Trinajstić information content (AvgIpc) is 2.51. The molecule has 0 saturated carbocycles. The molecule has 0 spiro atoms. The van der Waals surface area contributed by atoms with Crippen molar-refractivity contribution < 1.29 is 19.0 Å². The number of hydrogen-bond donors (Lipinski definition) is 2. The van der Waals surface area contributed by atoms with Gasteiger partial charge in [-0.2, -0.15) is 0 Å². The lowest BCUT2D eigenvalue weighted by Crippen LogP contribution is -2.50. The Bertz CT molecular complexity index is 421. The molecule has 0 aliphatic heterocycles. The van der Waals surface area contributed by atoms with Crippen molar-refractivity contribution in [2.45, 2.75) is 45.1 Å². The molecule has 5 heteroatoms. The summed E-state index contributed by atoms with van der Waals surface area (Å²) in [5, 5.41) is 12.3. The molecule has 0 aliphatic carbocycles. The summed E-state index contributed by atoms with van der Waals surface area (Å²) < 4.78 is 18.1. The van der Waals surface area contributed by atoms with Crippen LogP contribution in [0.15, 0.2) is 24.3 Å². The molecule has 1 aromatic carbocycles. The van der Waals surface area contributed by atoms with Gasteiger partial charge in [0.25, 0.3) is 0 Å². The molecule has 1 amide bonds. The van der Waals surface area contributed by atoms with Gasteiger partial charge in [-0.1, -0.05) is 13.8 Å². The van der Waals surface area contributed by atoms with E-state index in [-0.39, 0.29) is 18.3 Å². The highest BCUT2D eigenvalue weighted by molar-refractivity contribution is 5.76. The largest absolute Gasteiger partial charge is 0.494 e. The van der Waals surface area contributed by atoms with Crippen molar-refractivity contribution in [3.63, 3.8) is 0 Å². The minimum atomic E-state index is -0.519. The van der Waals surface area contributed by atoms with E-state index in [0.717, 1.165) is 0 Å². The van der Waals surface area contributed by atoms with E-state index in [0.29, 0.717) is 38.0 Å². The molecule has 0 bridgehead atoms. The van der Waals surface area contributed by atoms with Gasteiger partial charge in [-0.25, -0.2) is 4.39 Å². The van der Waals surface area contributed by atoms with Gasteiger partial charge in [0.1, 0.15) is 11.6 Å². The van der Waals surface area contributed by atoms with E-state index in [9.17, 15) is 14.3 Å². The normalized spacial score (nSPS) is 11.2. The number of halogens is 1. The fourth-order valence-corrected chi connectivity index (χ4v) is 2.00. The van der Waals surface area contributed by atoms with Crippen LogP contribution in [0, 0.1) is 5.82 Å². The molecule has 0 radical (unpaired) electrons. The van der Waals surface area contributed by atoms with Crippen LogP contribution in [0.5, 0.6) is 5.75 Å². The van der Waals surface area contributed by atoms with Crippen molar-refractivity contribution in [2.24, 2.45) is 0 Å². The molecular weight excluding hydrogens is 273 g/mol. The van der Waals surface area contributed by atoms with Crippen molar-refractivity contribution in [1.29, 1.82) is 0 Å². The van der Waals surface area contributed by atoms with Gasteiger partial charge in [-0.3, -0.25) is 4.79 Å². The summed E-state index contributed by atoms with van der Waals surface area (Å²) >= 11 is 0. The van der Waals surface area contributed by atoms with Crippen LogP contribution in [-0.2, 0) is 4.79 Å². The molecule has 118 valence electrons. The summed E-state index contributed by atoms with van der Waals surface area (Å²) in [6, 6.07) is 5.78. The quantitative estimate of drug-likeness (QED) is 0.689. The van der Waals surface area contributed by atoms with Gasteiger partial charge in [-0.05, 0) is 43.5 Å². The highest BCUT2D eigenvalue weighted by Crippen LogP contribution is 2.15. The van der Waals surface area contributed by atoms with Gasteiger partial charge in [0.2, 0.25) is 5.91 Å². The van der Waals surface area contributed by atoms with E-state index in [4.69, 9.17) is 4.74 Å². The Morgan fingerprint density at radius 2 is 1.90 bits per heavy atom. The van der Waals surface area contributed by atoms with Crippen molar-refractivity contribution in [2.75, 3.05) is 13.2 Å². The maximum absolute atomic E-state index is 12.7. The predicted octanol–water partition coefficient (Wildman–Crippen LogP) is 2.65. The molecular formula is C16H24FNO3. The van der Waals surface area contributed by atoms with E-state index < -0.39 is 5.54 Å². The Balaban J connectivity index is 2.28. The molecule has 21 heavy (non-hydrogen) atoms. The minimum Gasteiger partial charge on any atom is -0.494 e. The predicted molar refractivity (Wildman–Crippen MR) is 79.7 cm³/mol. The van der Waals surface area contributed by atoms with Gasteiger partial charge in [0.15, 0.2) is 0 Å². The second-order valence-corrected chi connectivity index (χ2v) is 5.10. The number of rotatable bonds is 9. The summed E-state index contributed by atoms with van der Waals surface area (Å²) in [6.45, 7) is 4.22. The van der Waals surface area contributed by atoms with Gasteiger partial charge in [-0.15, -0.1) is 0 Å². The first-order valence-electron chi connectivity index (χ1n) is 7.35. The van der Waals surface area contributed by atoms with Crippen LogP contribution in [0.2, 0.25) is 0 Å². The number of nitrogens with one attached hydrogen (secondary N) is 1. The zero-order valence-corrected chi connectivity index (χ0v) is 12.7. The Hall–Kier alpha value is -1.62. The molecule has 2 N–H and O–H groups in total. The number of aliphatic hydroxyl groups excluding tert-OH is 1. The van der Waals surface area contributed by atoms with Crippen molar-refractivity contribution >= 4 is 5.91 Å². The third kappa shape index (κ3) is 5.71. The van der Waals surface area contributed by atoms with Crippen molar-refractivity contribution in [3.8, 4) is 5.75 Å². The summed E-state index contributed by atoms with van der Waals surface area (Å²) in [7, 11) is 0. The van der Waals surface area contributed by atoms with Crippen LogP contribution >= 0.6 is 0 Å². The molecule has 0 aromatic heterocycles. The average molecular weight is 297 g/mol. The SMILES string of the molecule is CCC(CC)(CO)NC(=O)CCCOc1ccc(F)cc1. The van der Waals surface area contributed by atoms with Gasteiger partial charge >= 0.3 is 0 Å². The number of aliphatic hydroxyl groups is 1. The van der Waals surface area contributed by atoms with Crippen LogP contribution in [0.3, 0.4) is 0 Å². The van der Waals surface area contributed by atoms with E-state index in [1.54, 1.807) is 12.1 Å². The van der Waals surface area contributed by atoms with Crippen LogP contribution in [0.4, 0.5) is 4.39 Å². The smallest absolute Gasteiger partial charge is 0.220 e.